The first-order chi connectivity index (χ1) is 8.12. The fraction of sp³-hybridized carbons (Fsp3) is 0.273. The summed E-state index contributed by atoms with van der Waals surface area (Å²) in [6.07, 6.45) is 0.266. The van der Waals surface area contributed by atoms with Gasteiger partial charge in [-0.2, -0.15) is 0 Å². The van der Waals surface area contributed by atoms with Crippen LogP contribution in [0.25, 0.3) is 0 Å². The number of aldehydes is 1. The Hall–Kier alpha value is -0.149. The van der Waals surface area contributed by atoms with E-state index in [0.717, 1.165) is 6.92 Å². The number of carbonyl (C=O) groups is 2. The molecule has 0 heterocycles. The van der Waals surface area contributed by atoms with Crippen LogP contribution >= 0.6 is 0 Å². The summed E-state index contributed by atoms with van der Waals surface area (Å²) in [6, 6.07) is 0. The monoisotopic (exact) mass is 298 g/mol. The van der Waals surface area contributed by atoms with Gasteiger partial charge in [-0.15, -0.1) is 5.46 Å². The molecule has 0 aliphatic heterocycles. The molecule has 1 aromatic carbocycles. The van der Waals surface area contributed by atoms with E-state index in [1.807, 2.05) is 0 Å². The van der Waals surface area contributed by atoms with Crippen LogP contribution in [-0.4, -0.2) is 24.3 Å². The van der Waals surface area contributed by atoms with Crippen molar-refractivity contribution in [2.75, 3.05) is 0 Å². The molecular weight excluding hydrogens is 287 g/mol. The van der Waals surface area contributed by atoms with Gasteiger partial charge in [-0.05, 0) is 26.3 Å². The number of carboxylic acid groups (broad SMARTS) is 1. The molecule has 0 aromatic heterocycles. The van der Waals surface area contributed by atoms with Gasteiger partial charge >= 0.3 is 64.3 Å². The van der Waals surface area contributed by atoms with Crippen molar-refractivity contribution in [2.45, 2.75) is 20.8 Å². The van der Waals surface area contributed by atoms with Gasteiger partial charge in [0.05, 0.1) is 5.56 Å². The van der Waals surface area contributed by atoms with Crippen molar-refractivity contribution in [1.29, 1.82) is 0 Å². The molecule has 0 bridgehead atoms. The average molecular weight is 298 g/mol. The van der Waals surface area contributed by atoms with E-state index in [-0.39, 0.29) is 79.9 Å². The second-order valence-electron chi connectivity index (χ2n) is 4.08. The Kier molecular flexibility index (Phi) is 6.48. The predicted octanol–water partition coefficient (Wildman–Crippen LogP) is -0.819. The average Bonchev–Trinajstić information content (AvgIpc) is 2.14. The molecule has 0 unspecified atom stereocenters. The molecule has 1 N–H and O–H groups in total. The minimum atomic E-state index is -5.37. The van der Waals surface area contributed by atoms with E-state index < -0.39 is 24.0 Å². The Morgan fingerprint density at radius 2 is 1.58 bits per heavy atom. The molecule has 0 aliphatic rings. The first-order valence-corrected chi connectivity index (χ1v) is 5.15. The molecule has 8 heteroatoms. The molecule has 1 rings (SSSR count). The second-order valence-corrected chi connectivity index (χ2v) is 4.08. The standard InChI is InChI=1S/C11H11BF3O3.K/c1-5-8(4-16)6(2)10(12(13,14)15)7(3)9(5)11(17)18;/h4H,1-3H3,(H,17,18);/q-1;+1. The summed E-state index contributed by atoms with van der Waals surface area (Å²) >= 11 is 0. The van der Waals surface area contributed by atoms with Crippen LogP contribution in [0.2, 0.25) is 0 Å². The predicted molar refractivity (Wildman–Crippen MR) is 61.7 cm³/mol. The summed E-state index contributed by atoms with van der Waals surface area (Å²) in [6.45, 7) is -1.74. The number of halogens is 3. The molecule has 3 nitrogen and oxygen atoms in total. The molecular formula is C11H11BF3KO3. The topological polar surface area (TPSA) is 54.4 Å². The Morgan fingerprint density at radius 1 is 1.11 bits per heavy atom. The minimum absolute atomic E-state index is 0. The van der Waals surface area contributed by atoms with Crippen molar-refractivity contribution in [3.05, 3.63) is 27.8 Å². The van der Waals surface area contributed by atoms with Crippen molar-refractivity contribution in [3.8, 4) is 0 Å². The maximum Gasteiger partial charge on any atom is 1.00 e. The van der Waals surface area contributed by atoms with Crippen molar-refractivity contribution in [1.82, 2.24) is 0 Å². The summed E-state index contributed by atoms with van der Waals surface area (Å²) in [7, 11) is 0. The summed E-state index contributed by atoms with van der Waals surface area (Å²) < 4.78 is 38.9. The quantitative estimate of drug-likeness (QED) is 0.586. The summed E-state index contributed by atoms with van der Waals surface area (Å²) in [5.41, 5.74) is -2.12. The number of hydrogen-bond donors (Lipinski definition) is 1. The molecule has 0 aliphatic carbocycles. The largest absolute Gasteiger partial charge is 1.00 e. The molecule has 0 saturated heterocycles. The number of carboxylic acids is 1. The second kappa shape index (κ2) is 6.54. The van der Waals surface area contributed by atoms with Crippen LogP contribution in [0.1, 0.15) is 37.4 Å². The molecule has 1 aromatic rings. The van der Waals surface area contributed by atoms with E-state index in [1.165, 1.54) is 13.8 Å². The van der Waals surface area contributed by atoms with E-state index in [2.05, 4.69) is 0 Å². The van der Waals surface area contributed by atoms with Gasteiger partial charge in [0.2, 0.25) is 0 Å². The van der Waals surface area contributed by atoms with E-state index in [0.29, 0.717) is 0 Å². The first kappa shape index (κ1) is 18.9. The zero-order valence-corrected chi connectivity index (χ0v) is 14.2. The molecule has 0 fully saturated rings. The van der Waals surface area contributed by atoms with E-state index in [9.17, 15) is 22.5 Å². The molecule has 0 spiro atoms. The summed E-state index contributed by atoms with van der Waals surface area (Å²) in [5.74, 6) is -1.46. The molecule has 0 saturated carbocycles. The van der Waals surface area contributed by atoms with Gasteiger partial charge in [0.25, 0.3) is 0 Å². The number of rotatable bonds is 3. The Morgan fingerprint density at radius 3 is 1.89 bits per heavy atom. The maximum atomic E-state index is 13.0. The molecule has 0 radical (unpaired) electrons. The van der Waals surface area contributed by atoms with Gasteiger partial charge in [0.1, 0.15) is 6.29 Å². The van der Waals surface area contributed by atoms with Crippen LogP contribution in [0.5, 0.6) is 0 Å². The zero-order valence-electron chi connectivity index (χ0n) is 11.1. The van der Waals surface area contributed by atoms with Crippen molar-refractivity contribution >= 4 is 24.7 Å². The summed E-state index contributed by atoms with van der Waals surface area (Å²) in [4.78, 5) is 21.9. The Balaban J connectivity index is 0.00000324. The smallest absolute Gasteiger partial charge is 0.478 e. The van der Waals surface area contributed by atoms with Crippen LogP contribution in [0, 0.1) is 20.8 Å². The SMILES string of the molecule is Cc1c(C=O)c(C)c([B-](F)(F)F)c(C)c1C(=O)O.[K+]. The number of hydrogen-bond acceptors (Lipinski definition) is 2. The minimum Gasteiger partial charge on any atom is -0.478 e. The van der Waals surface area contributed by atoms with Crippen LogP contribution < -0.4 is 56.8 Å². The van der Waals surface area contributed by atoms with Gasteiger partial charge in [0, 0.05) is 5.56 Å². The third-order valence-electron chi connectivity index (χ3n) is 3.03. The first-order valence-electron chi connectivity index (χ1n) is 5.15. The van der Waals surface area contributed by atoms with E-state index in [4.69, 9.17) is 5.11 Å². The number of carbonyl (C=O) groups excluding carboxylic acids is 1. The fourth-order valence-corrected chi connectivity index (χ4v) is 2.25. The van der Waals surface area contributed by atoms with Gasteiger partial charge in [-0.3, -0.25) is 4.79 Å². The van der Waals surface area contributed by atoms with Crippen molar-refractivity contribution < 1.29 is 79.0 Å². The fourth-order valence-electron chi connectivity index (χ4n) is 2.25. The van der Waals surface area contributed by atoms with E-state index >= 15 is 0 Å². The molecule has 0 amide bonds. The van der Waals surface area contributed by atoms with Crippen LogP contribution in [0.15, 0.2) is 0 Å². The van der Waals surface area contributed by atoms with Gasteiger partial charge < -0.3 is 18.1 Å². The molecule has 19 heavy (non-hydrogen) atoms. The Labute approximate surface area is 151 Å². The maximum absolute atomic E-state index is 13.0. The van der Waals surface area contributed by atoms with Gasteiger partial charge in [0.15, 0.2) is 0 Å². The molecule has 0 atom stereocenters. The Bertz CT molecular complexity index is 541. The normalized spacial score (nSPS) is 10.8. The molecule has 98 valence electrons. The third-order valence-corrected chi connectivity index (χ3v) is 3.03. The van der Waals surface area contributed by atoms with Crippen LogP contribution in [-0.2, 0) is 0 Å². The number of aromatic carboxylic acids is 1. The van der Waals surface area contributed by atoms with Crippen LogP contribution in [0.4, 0.5) is 12.9 Å². The van der Waals surface area contributed by atoms with Crippen molar-refractivity contribution in [2.24, 2.45) is 0 Å². The van der Waals surface area contributed by atoms with Gasteiger partial charge in [-0.25, -0.2) is 4.79 Å². The summed E-state index contributed by atoms with van der Waals surface area (Å²) in [5, 5.41) is 8.97. The number of benzene rings is 1. The van der Waals surface area contributed by atoms with Crippen LogP contribution in [0.3, 0.4) is 0 Å². The zero-order chi connectivity index (χ0) is 14.2. The van der Waals surface area contributed by atoms with Crippen molar-refractivity contribution in [3.63, 3.8) is 0 Å². The van der Waals surface area contributed by atoms with E-state index in [1.54, 1.807) is 0 Å². The third kappa shape index (κ3) is 3.49. The van der Waals surface area contributed by atoms with Gasteiger partial charge in [-0.1, -0.05) is 11.1 Å².